The highest BCUT2D eigenvalue weighted by Gasteiger charge is 2.19. The van der Waals surface area contributed by atoms with Crippen molar-refractivity contribution in [2.45, 2.75) is 26.8 Å². The molecule has 6 heteroatoms. The molecule has 1 amide bonds. The summed E-state index contributed by atoms with van der Waals surface area (Å²) < 4.78 is 0. The molecule has 0 aliphatic rings. The van der Waals surface area contributed by atoms with Crippen LogP contribution in [0.3, 0.4) is 0 Å². The third-order valence-electron chi connectivity index (χ3n) is 3.46. The van der Waals surface area contributed by atoms with E-state index in [1.807, 2.05) is 32.9 Å². The van der Waals surface area contributed by atoms with E-state index in [2.05, 4.69) is 15.3 Å². The van der Waals surface area contributed by atoms with E-state index >= 15 is 0 Å². The highest BCUT2D eigenvalue weighted by atomic mass is 16.2. The summed E-state index contributed by atoms with van der Waals surface area (Å²) >= 11 is 0. The Labute approximate surface area is 124 Å². The molecule has 2 rings (SSSR count). The summed E-state index contributed by atoms with van der Waals surface area (Å²) in [6.07, 6.45) is 1.48. The highest BCUT2D eigenvalue weighted by Crippen LogP contribution is 2.22. The molecule has 1 heterocycles. The molecular formula is C15H21N5O. The Morgan fingerprint density at radius 2 is 2.05 bits per heavy atom. The van der Waals surface area contributed by atoms with Crippen molar-refractivity contribution in [1.82, 2.24) is 14.9 Å². The maximum atomic E-state index is 12.3. The van der Waals surface area contributed by atoms with E-state index in [-0.39, 0.29) is 11.9 Å². The van der Waals surface area contributed by atoms with Crippen LogP contribution in [-0.4, -0.2) is 39.9 Å². The molecule has 21 heavy (non-hydrogen) atoms. The molecule has 0 saturated carbocycles. The Kier molecular flexibility index (Phi) is 4.57. The van der Waals surface area contributed by atoms with Gasteiger partial charge in [0.1, 0.15) is 18.2 Å². The van der Waals surface area contributed by atoms with Crippen molar-refractivity contribution in [2.75, 3.05) is 24.1 Å². The van der Waals surface area contributed by atoms with Crippen LogP contribution in [0, 0.1) is 0 Å². The van der Waals surface area contributed by atoms with E-state index in [0.29, 0.717) is 24.6 Å². The van der Waals surface area contributed by atoms with Crippen LogP contribution in [0.4, 0.5) is 11.5 Å². The van der Waals surface area contributed by atoms with E-state index in [0.717, 1.165) is 10.9 Å². The zero-order chi connectivity index (χ0) is 15.4. The first-order chi connectivity index (χ1) is 10.1. The number of hydrogen-bond acceptors (Lipinski definition) is 5. The zero-order valence-corrected chi connectivity index (χ0v) is 12.6. The number of amides is 1. The van der Waals surface area contributed by atoms with Gasteiger partial charge in [-0.25, -0.2) is 9.97 Å². The predicted molar refractivity (Wildman–Crippen MR) is 85.0 cm³/mol. The van der Waals surface area contributed by atoms with Crippen molar-refractivity contribution in [3.05, 3.63) is 24.5 Å². The first-order valence-electron chi connectivity index (χ1n) is 7.12. The summed E-state index contributed by atoms with van der Waals surface area (Å²) in [5, 5.41) is 3.98. The second-order valence-corrected chi connectivity index (χ2v) is 4.88. The van der Waals surface area contributed by atoms with Gasteiger partial charge in [-0.05, 0) is 39.0 Å². The van der Waals surface area contributed by atoms with Gasteiger partial charge < -0.3 is 16.0 Å². The van der Waals surface area contributed by atoms with Crippen LogP contribution < -0.4 is 11.1 Å². The number of hydrogen-bond donors (Lipinski definition) is 2. The summed E-state index contributed by atoms with van der Waals surface area (Å²) in [6.45, 7) is 7.16. The van der Waals surface area contributed by atoms with Gasteiger partial charge in [-0.1, -0.05) is 0 Å². The minimum atomic E-state index is -0.357. The van der Waals surface area contributed by atoms with Crippen LogP contribution >= 0.6 is 0 Å². The van der Waals surface area contributed by atoms with Gasteiger partial charge in [0.25, 0.3) is 0 Å². The lowest BCUT2D eigenvalue weighted by Gasteiger charge is -2.24. The van der Waals surface area contributed by atoms with Crippen molar-refractivity contribution >= 4 is 28.3 Å². The number of carbonyl (C=O) groups excluding carboxylic acids is 1. The standard InChI is InChI=1S/C15H21N5O/c1-4-20(5-2)15(21)10(3)19-14-12-8-11(16)6-7-13(12)17-9-18-14/h6-10H,4-5,16H2,1-3H3,(H,17,18,19). The molecule has 112 valence electrons. The Bertz CT molecular complexity index is 639. The quantitative estimate of drug-likeness (QED) is 0.820. The highest BCUT2D eigenvalue weighted by molar-refractivity contribution is 5.93. The molecular weight excluding hydrogens is 266 g/mol. The average molecular weight is 287 g/mol. The number of anilines is 2. The van der Waals surface area contributed by atoms with Gasteiger partial charge in [-0.3, -0.25) is 4.79 Å². The maximum Gasteiger partial charge on any atom is 0.244 e. The molecule has 0 saturated heterocycles. The number of nitrogens with one attached hydrogen (secondary N) is 1. The Morgan fingerprint density at radius 1 is 1.33 bits per heavy atom. The lowest BCUT2D eigenvalue weighted by Crippen LogP contribution is -2.41. The van der Waals surface area contributed by atoms with Crippen molar-refractivity contribution < 1.29 is 4.79 Å². The minimum absolute atomic E-state index is 0.0515. The summed E-state index contributed by atoms with van der Waals surface area (Å²) in [5.41, 5.74) is 7.25. The van der Waals surface area contributed by atoms with Crippen molar-refractivity contribution in [3.63, 3.8) is 0 Å². The van der Waals surface area contributed by atoms with Gasteiger partial charge in [0, 0.05) is 24.2 Å². The molecule has 6 nitrogen and oxygen atoms in total. The first kappa shape index (κ1) is 15.0. The number of nitrogen functional groups attached to an aromatic ring is 1. The van der Waals surface area contributed by atoms with Crippen molar-refractivity contribution in [1.29, 1.82) is 0 Å². The summed E-state index contributed by atoms with van der Waals surface area (Å²) in [7, 11) is 0. The molecule has 0 aliphatic heterocycles. The fourth-order valence-corrected chi connectivity index (χ4v) is 2.27. The fourth-order valence-electron chi connectivity index (χ4n) is 2.27. The van der Waals surface area contributed by atoms with E-state index < -0.39 is 0 Å². The number of aromatic nitrogens is 2. The monoisotopic (exact) mass is 287 g/mol. The maximum absolute atomic E-state index is 12.3. The third-order valence-corrected chi connectivity index (χ3v) is 3.46. The van der Waals surface area contributed by atoms with Gasteiger partial charge in [0.15, 0.2) is 0 Å². The molecule has 0 fully saturated rings. The zero-order valence-electron chi connectivity index (χ0n) is 12.6. The number of benzene rings is 1. The van der Waals surface area contributed by atoms with E-state index in [4.69, 9.17) is 5.73 Å². The lowest BCUT2D eigenvalue weighted by molar-refractivity contribution is -0.131. The largest absolute Gasteiger partial charge is 0.399 e. The van der Waals surface area contributed by atoms with Crippen LogP contribution in [0.15, 0.2) is 24.5 Å². The van der Waals surface area contributed by atoms with Crippen molar-refractivity contribution in [3.8, 4) is 0 Å². The second kappa shape index (κ2) is 6.39. The van der Waals surface area contributed by atoms with Crippen LogP contribution in [0.1, 0.15) is 20.8 Å². The number of likely N-dealkylation sites (N-methyl/N-ethyl adjacent to an activating group) is 1. The molecule has 2 aromatic rings. The molecule has 0 radical (unpaired) electrons. The number of nitrogens with two attached hydrogens (primary N) is 1. The molecule has 1 aromatic carbocycles. The number of rotatable bonds is 5. The number of fused-ring (bicyclic) bond motifs is 1. The SMILES string of the molecule is CCN(CC)C(=O)C(C)Nc1ncnc2ccc(N)cc12. The molecule has 0 spiro atoms. The summed E-state index contributed by atoms with van der Waals surface area (Å²) in [6, 6.07) is 5.09. The second-order valence-electron chi connectivity index (χ2n) is 4.88. The molecule has 1 unspecified atom stereocenters. The molecule has 0 aliphatic carbocycles. The normalized spacial score (nSPS) is 12.1. The molecule has 1 aromatic heterocycles. The first-order valence-corrected chi connectivity index (χ1v) is 7.12. The van der Waals surface area contributed by atoms with Gasteiger partial charge in [-0.15, -0.1) is 0 Å². The fraction of sp³-hybridized carbons (Fsp3) is 0.400. The lowest BCUT2D eigenvalue weighted by atomic mass is 10.2. The van der Waals surface area contributed by atoms with E-state index in [1.54, 1.807) is 11.0 Å². The Balaban J connectivity index is 2.27. The topological polar surface area (TPSA) is 84.1 Å². The Morgan fingerprint density at radius 3 is 2.71 bits per heavy atom. The minimum Gasteiger partial charge on any atom is -0.399 e. The molecule has 3 N–H and O–H groups in total. The van der Waals surface area contributed by atoms with Crippen LogP contribution in [0.5, 0.6) is 0 Å². The number of carbonyl (C=O) groups is 1. The van der Waals surface area contributed by atoms with Crippen LogP contribution in [0.25, 0.3) is 10.9 Å². The molecule has 0 bridgehead atoms. The van der Waals surface area contributed by atoms with Crippen LogP contribution in [0.2, 0.25) is 0 Å². The van der Waals surface area contributed by atoms with E-state index in [9.17, 15) is 4.79 Å². The molecule has 1 atom stereocenters. The van der Waals surface area contributed by atoms with Crippen molar-refractivity contribution in [2.24, 2.45) is 0 Å². The average Bonchev–Trinajstić information content (AvgIpc) is 2.49. The number of nitrogens with zero attached hydrogens (tertiary/aromatic N) is 3. The summed E-state index contributed by atoms with van der Waals surface area (Å²) in [5.74, 6) is 0.677. The summed E-state index contributed by atoms with van der Waals surface area (Å²) in [4.78, 5) is 22.5. The van der Waals surface area contributed by atoms with Crippen LogP contribution in [-0.2, 0) is 4.79 Å². The van der Waals surface area contributed by atoms with Gasteiger partial charge >= 0.3 is 0 Å². The van der Waals surface area contributed by atoms with Gasteiger partial charge in [-0.2, -0.15) is 0 Å². The predicted octanol–water partition coefficient (Wildman–Crippen LogP) is 1.88. The van der Waals surface area contributed by atoms with E-state index in [1.165, 1.54) is 6.33 Å². The third kappa shape index (κ3) is 3.21. The Hall–Kier alpha value is -2.37. The van der Waals surface area contributed by atoms with Gasteiger partial charge in [0.05, 0.1) is 5.52 Å². The van der Waals surface area contributed by atoms with Gasteiger partial charge in [0.2, 0.25) is 5.91 Å². The smallest absolute Gasteiger partial charge is 0.244 e.